The second-order valence-corrected chi connectivity index (χ2v) is 7.83. The summed E-state index contributed by atoms with van der Waals surface area (Å²) in [6, 6.07) is 7.97. The van der Waals surface area contributed by atoms with Gasteiger partial charge in [0.05, 0.1) is 32.3 Å². The molecule has 1 atom stereocenters. The highest BCUT2D eigenvalue weighted by Crippen LogP contribution is 2.23. The van der Waals surface area contributed by atoms with Gasteiger partial charge in [0.2, 0.25) is 0 Å². The van der Waals surface area contributed by atoms with Gasteiger partial charge in [-0.05, 0) is 45.7 Å². The smallest absolute Gasteiger partial charge is 0.306 e. The van der Waals surface area contributed by atoms with E-state index in [1.165, 1.54) is 0 Å². The molecule has 7 nitrogen and oxygen atoms in total. The maximum absolute atomic E-state index is 12.3. The molecular weight excluding hydrogens is 376 g/mol. The van der Waals surface area contributed by atoms with Crippen LogP contribution in [0.5, 0.6) is 0 Å². The van der Waals surface area contributed by atoms with Gasteiger partial charge in [0.15, 0.2) is 6.10 Å². The van der Waals surface area contributed by atoms with Crippen LogP contribution in [0.2, 0.25) is 0 Å². The zero-order chi connectivity index (χ0) is 20.3. The van der Waals surface area contributed by atoms with E-state index in [-0.39, 0.29) is 18.3 Å². The van der Waals surface area contributed by atoms with E-state index in [4.69, 9.17) is 4.74 Å². The van der Waals surface area contributed by atoms with Crippen molar-refractivity contribution >= 4 is 39.1 Å². The van der Waals surface area contributed by atoms with Crippen molar-refractivity contribution in [2.24, 2.45) is 7.05 Å². The number of esters is 1. The van der Waals surface area contributed by atoms with Crippen molar-refractivity contribution in [3.63, 3.8) is 0 Å². The lowest BCUT2D eigenvalue weighted by atomic mass is 10.2. The predicted molar refractivity (Wildman–Crippen MR) is 109 cm³/mol. The average molecular weight is 401 g/mol. The van der Waals surface area contributed by atoms with E-state index in [1.807, 2.05) is 45.2 Å². The number of nitrogens with one attached hydrogen (secondary N) is 1. The molecule has 8 heteroatoms. The summed E-state index contributed by atoms with van der Waals surface area (Å²) < 4.78 is 8.12. The van der Waals surface area contributed by atoms with Crippen molar-refractivity contribution in [1.82, 2.24) is 14.8 Å². The molecule has 0 radical (unpaired) electrons. The summed E-state index contributed by atoms with van der Waals surface area (Å²) in [5.41, 5.74) is 3.21. The third kappa shape index (κ3) is 4.56. The van der Waals surface area contributed by atoms with Gasteiger partial charge < -0.3 is 10.1 Å². The number of para-hydroxylation sites is 1. The first-order valence-electron chi connectivity index (χ1n) is 9.20. The molecule has 0 bridgehead atoms. The van der Waals surface area contributed by atoms with Crippen LogP contribution in [0.3, 0.4) is 0 Å². The SMILES string of the molecule is Cc1nn(C)c(C)c1NC(=O)[C@H](C)OC(=O)CCCc1nc2ccccc2s1. The molecule has 0 aliphatic heterocycles. The summed E-state index contributed by atoms with van der Waals surface area (Å²) in [5.74, 6) is -0.748. The van der Waals surface area contributed by atoms with Gasteiger partial charge in [0.25, 0.3) is 5.91 Å². The highest BCUT2D eigenvalue weighted by molar-refractivity contribution is 7.18. The molecule has 3 aromatic rings. The highest BCUT2D eigenvalue weighted by Gasteiger charge is 2.20. The van der Waals surface area contributed by atoms with Crippen LogP contribution in [0.25, 0.3) is 10.2 Å². The summed E-state index contributed by atoms with van der Waals surface area (Å²) in [4.78, 5) is 29.0. The Bertz CT molecular complexity index is 975. The predicted octanol–water partition coefficient (Wildman–Crippen LogP) is 3.54. The van der Waals surface area contributed by atoms with Crippen LogP contribution < -0.4 is 5.32 Å². The summed E-state index contributed by atoms with van der Waals surface area (Å²) >= 11 is 1.64. The van der Waals surface area contributed by atoms with E-state index in [0.717, 1.165) is 26.6 Å². The summed E-state index contributed by atoms with van der Waals surface area (Å²) in [6.45, 7) is 5.26. The van der Waals surface area contributed by atoms with E-state index >= 15 is 0 Å². The van der Waals surface area contributed by atoms with Gasteiger partial charge >= 0.3 is 5.97 Å². The molecule has 0 spiro atoms. The molecule has 0 unspecified atom stereocenters. The van der Waals surface area contributed by atoms with Gasteiger partial charge in [-0.2, -0.15) is 5.10 Å². The summed E-state index contributed by atoms with van der Waals surface area (Å²) in [7, 11) is 1.81. The number of aromatic nitrogens is 3. The third-order valence-corrected chi connectivity index (χ3v) is 5.64. The largest absolute Gasteiger partial charge is 0.453 e. The highest BCUT2D eigenvalue weighted by atomic mass is 32.1. The number of fused-ring (bicyclic) bond motifs is 1. The molecule has 0 aliphatic rings. The lowest BCUT2D eigenvalue weighted by molar-refractivity contribution is -0.153. The fraction of sp³-hybridized carbons (Fsp3) is 0.400. The van der Waals surface area contributed by atoms with Gasteiger partial charge in [0.1, 0.15) is 0 Å². The van der Waals surface area contributed by atoms with Crippen molar-refractivity contribution < 1.29 is 14.3 Å². The molecule has 0 aliphatic carbocycles. The van der Waals surface area contributed by atoms with Gasteiger partial charge in [-0.3, -0.25) is 14.3 Å². The second kappa shape index (κ2) is 8.52. The van der Waals surface area contributed by atoms with E-state index in [0.29, 0.717) is 18.5 Å². The van der Waals surface area contributed by atoms with Crippen molar-refractivity contribution in [2.75, 3.05) is 5.32 Å². The summed E-state index contributed by atoms with van der Waals surface area (Å²) in [5, 5.41) is 8.05. The molecule has 2 aromatic heterocycles. The molecule has 1 aromatic carbocycles. The molecule has 148 valence electrons. The second-order valence-electron chi connectivity index (χ2n) is 6.72. The van der Waals surface area contributed by atoms with Gasteiger partial charge in [0, 0.05) is 13.5 Å². The molecule has 28 heavy (non-hydrogen) atoms. The first kappa shape index (κ1) is 20.0. The molecule has 0 fully saturated rings. The van der Waals surface area contributed by atoms with Crippen LogP contribution in [0.15, 0.2) is 24.3 Å². The van der Waals surface area contributed by atoms with Crippen LogP contribution in [0, 0.1) is 13.8 Å². The number of anilines is 1. The molecule has 2 heterocycles. The van der Waals surface area contributed by atoms with Crippen molar-refractivity contribution in [3.05, 3.63) is 40.7 Å². The van der Waals surface area contributed by atoms with E-state index in [9.17, 15) is 9.59 Å². The Morgan fingerprint density at radius 3 is 2.71 bits per heavy atom. The van der Waals surface area contributed by atoms with Gasteiger partial charge in [-0.15, -0.1) is 11.3 Å². The number of thiazole rings is 1. The van der Waals surface area contributed by atoms with Crippen LogP contribution >= 0.6 is 11.3 Å². The topological polar surface area (TPSA) is 86.1 Å². The van der Waals surface area contributed by atoms with E-state index in [2.05, 4.69) is 15.4 Å². The molecule has 0 saturated carbocycles. The number of hydrogen-bond acceptors (Lipinski definition) is 6. The maximum Gasteiger partial charge on any atom is 0.306 e. The minimum absolute atomic E-state index is 0.249. The summed E-state index contributed by atoms with van der Waals surface area (Å²) in [6.07, 6.45) is 0.726. The van der Waals surface area contributed by atoms with Crippen LogP contribution in [-0.2, 0) is 27.8 Å². The third-order valence-electron chi connectivity index (χ3n) is 4.54. The molecular formula is C20H24N4O3S. The van der Waals surface area contributed by atoms with Crippen LogP contribution in [0.4, 0.5) is 5.69 Å². The minimum atomic E-state index is -0.867. The molecule has 1 N–H and O–H groups in total. The van der Waals surface area contributed by atoms with E-state index in [1.54, 1.807) is 22.9 Å². The van der Waals surface area contributed by atoms with Gasteiger partial charge in [-0.25, -0.2) is 4.98 Å². The quantitative estimate of drug-likeness (QED) is 0.613. The number of nitrogens with zero attached hydrogens (tertiary/aromatic N) is 3. The number of benzene rings is 1. The van der Waals surface area contributed by atoms with E-state index < -0.39 is 6.10 Å². The average Bonchev–Trinajstić information content (AvgIpc) is 3.17. The Balaban J connectivity index is 1.46. The fourth-order valence-electron chi connectivity index (χ4n) is 2.90. The first-order valence-corrected chi connectivity index (χ1v) is 10.0. The number of carbonyl (C=O) groups is 2. The number of amides is 1. The number of hydrogen-bond donors (Lipinski definition) is 1. The number of rotatable bonds is 7. The van der Waals surface area contributed by atoms with Crippen molar-refractivity contribution in [2.45, 2.75) is 46.1 Å². The number of ether oxygens (including phenoxy) is 1. The maximum atomic E-state index is 12.3. The Kier molecular flexibility index (Phi) is 6.08. The zero-order valence-corrected chi connectivity index (χ0v) is 17.3. The number of carbonyl (C=O) groups excluding carboxylic acids is 2. The Hall–Kier alpha value is -2.74. The van der Waals surface area contributed by atoms with Crippen LogP contribution in [0.1, 0.15) is 36.2 Å². The Morgan fingerprint density at radius 1 is 1.29 bits per heavy atom. The standard InChI is InChI=1S/C20H24N4O3S/c1-12-19(13(2)24(4)23-12)22-20(26)14(3)27-18(25)11-7-10-17-21-15-8-5-6-9-16(15)28-17/h5-6,8-9,14H,7,10-11H2,1-4H3,(H,22,26)/t14-/m0/s1. The monoisotopic (exact) mass is 400 g/mol. The lowest BCUT2D eigenvalue weighted by Crippen LogP contribution is -2.30. The van der Waals surface area contributed by atoms with Crippen LogP contribution in [-0.4, -0.2) is 32.7 Å². The fourth-order valence-corrected chi connectivity index (χ4v) is 3.91. The number of aryl methyl sites for hydroxylation is 3. The van der Waals surface area contributed by atoms with Gasteiger partial charge in [-0.1, -0.05) is 12.1 Å². The Labute approximate surface area is 167 Å². The molecule has 3 rings (SSSR count). The normalized spacial score (nSPS) is 12.1. The molecule has 1 amide bonds. The minimum Gasteiger partial charge on any atom is -0.453 e. The van der Waals surface area contributed by atoms with Crippen molar-refractivity contribution in [1.29, 1.82) is 0 Å². The van der Waals surface area contributed by atoms with Crippen molar-refractivity contribution in [3.8, 4) is 0 Å². The lowest BCUT2D eigenvalue weighted by Gasteiger charge is -2.13. The molecule has 0 saturated heterocycles. The first-order chi connectivity index (χ1) is 13.3. The zero-order valence-electron chi connectivity index (χ0n) is 16.5. The Morgan fingerprint density at radius 2 is 2.04 bits per heavy atom.